The molecule has 0 aliphatic heterocycles. The zero-order valence-corrected chi connectivity index (χ0v) is 3.68. The first-order chi connectivity index (χ1) is 3.35. The van der Waals surface area contributed by atoms with Gasteiger partial charge in [-0.2, -0.15) is 4.90 Å². The summed E-state index contributed by atoms with van der Waals surface area (Å²) < 4.78 is 0. The smallest absolute Gasteiger partial charge is 0.0301 e. The van der Waals surface area contributed by atoms with Gasteiger partial charge in [-0.3, -0.25) is 0 Å². The van der Waals surface area contributed by atoms with Gasteiger partial charge in [-0.25, -0.2) is 0 Å². The molecule has 0 rings (SSSR count). The van der Waals surface area contributed by atoms with Crippen molar-refractivity contribution in [3.8, 4) is 37.4 Å². The van der Waals surface area contributed by atoms with Gasteiger partial charge in [0.2, 0.25) is 0 Å². The van der Waals surface area contributed by atoms with E-state index >= 15 is 0 Å². The molecule has 0 aromatic heterocycles. The molecule has 0 radical (unpaired) electrons. The molecule has 0 heterocycles. The van der Waals surface area contributed by atoms with Crippen molar-refractivity contribution in [3.63, 3.8) is 0 Å². The first kappa shape index (κ1) is 5.48. The highest BCUT2D eigenvalue weighted by Gasteiger charge is 1.76. The van der Waals surface area contributed by atoms with Gasteiger partial charge >= 0.3 is 0 Å². The molecule has 0 N–H and O–H groups in total. The van der Waals surface area contributed by atoms with E-state index in [4.69, 9.17) is 19.3 Å². The summed E-state index contributed by atoms with van der Waals surface area (Å²) in [6, 6.07) is 6.19. The number of terminal acetylenes is 3. The third kappa shape index (κ3) is 1.37. The molecule has 0 aromatic rings. The lowest BCUT2D eigenvalue weighted by molar-refractivity contribution is 0.825. The summed E-state index contributed by atoms with van der Waals surface area (Å²) in [5, 5.41) is 0. The molecule has 1 nitrogen and oxygen atoms in total. The van der Waals surface area contributed by atoms with Gasteiger partial charge in [0.1, 0.15) is 0 Å². The molecule has 7 heavy (non-hydrogen) atoms. The minimum atomic E-state index is 0.958. The van der Waals surface area contributed by atoms with Gasteiger partial charge in [0.05, 0.1) is 0 Å². The lowest BCUT2D eigenvalue weighted by Crippen LogP contribution is -1.98. The van der Waals surface area contributed by atoms with E-state index in [-0.39, 0.29) is 0 Å². The lowest BCUT2D eigenvalue weighted by atomic mass is 10.8. The van der Waals surface area contributed by atoms with Crippen LogP contribution in [0.5, 0.6) is 0 Å². The zero-order valence-electron chi connectivity index (χ0n) is 3.68. The van der Waals surface area contributed by atoms with E-state index in [0.29, 0.717) is 0 Å². The molecule has 0 aliphatic carbocycles. The van der Waals surface area contributed by atoms with Crippen LogP contribution >= 0.6 is 0 Å². The van der Waals surface area contributed by atoms with Crippen LogP contribution in [0.2, 0.25) is 0 Å². The van der Waals surface area contributed by atoms with E-state index < -0.39 is 0 Å². The van der Waals surface area contributed by atoms with E-state index in [1.807, 2.05) is 0 Å². The number of hydrogen-bond donors (Lipinski definition) is 0. The monoisotopic (exact) mass is 89.0 g/mol. The standard InChI is InChI=1S/C6H3N/c1-4-7(5-2)6-3/h1-3H. The van der Waals surface area contributed by atoms with E-state index in [0.717, 1.165) is 4.90 Å². The Morgan fingerprint density at radius 1 is 0.857 bits per heavy atom. The summed E-state index contributed by atoms with van der Waals surface area (Å²) >= 11 is 0. The van der Waals surface area contributed by atoms with Gasteiger partial charge in [-0.05, 0) is 0 Å². The van der Waals surface area contributed by atoms with Crippen molar-refractivity contribution in [2.75, 3.05) is 0 Å². The predicted octanol–water partition coefficient (Wildman–Crippen LogP) is 0.0605. The largest absolute Gasteiger partial charge is 0.183 e. The lowest BCUT2D eigenvalue weighted by Gasteiger charge is -1.90. The van der Waals surface area contributed by atoms with Crippen molar-refractivity contribution in [1.29, 1.82) is 0 Å². The van der Waals surface area contributed by atoms with Gasteiger partial charge in [0.15, 0.2) is 0 Å². The number of rotatable bonds is 0. The minimum Gasteiger partial charge on any atom is -0.183 e. The fraction of sp³-hybridized carbons (Fsp3) is 0. The molecule has 0 saturated heterocycles. The van der Waals surface area contributed by atoms with Crippen LogP contribution in [0.25, 0.3) is 0 Å². The average molecular weight is 89.1 g/mol. The van der Waals surface area contributed by atoms with Crippen molar-refractivity contribution in [2.45, 2.75) is 0 Å². The second-order valence-electron chi connectivity index (χ2n) is 0.723. The Balaban J connectivity index is 3.82. The predicted molar refractivity (Wildman–Crippen MR) is 28.3 cm³/mol. The second-order valence-corrected chi connectivity index (χ2v) is 0.723. The Morgan fingerprint density at radius 3 is 1.14 bits per heavy atom. The van der Waals surface area contributed by atoms with Crippen LogP contribution in [0.4, 0.5) is 0 Å². The van der Waals surface area contributed by atoms with Crippen molar-refractivity contribution in [3.05, 3.63) is 0 Å². The molecule has 0 saturated carbocycles. The number of hydrogen-bond acceptors (Lipinski definition) is 1. The maximum Gasteiger partial charge on any atom is 0.0301 e. The number of nitrogens with zero attached hydrogens (tertiary/aromatic N) is 1. The molecule has 0 atom stereocenters. The highest BCUT2D eigenvalue weighted by molar-refractivity contribution is 5.09. The molecule has 0 bridgehead atoms. The van der Waals surface area contributed by atoms with Crippen molar-refractivity contribution in [2.24, 2.45) is 0 Å². The first-order valence-corrected chi connectivity index (χ1v) is 1.54. The van der Waals surface area contributed by atoms with Crippen LogP contribution in [0.15, 0.2) is 0 Å². The van der Waals surface area contributed by atoms with Crippen LogP contribution < -0.4 is 0 Å². The summed E-state index contributed by atoms with van der Waals surface area (Å²) in [5.41, 5.74) is 0. The summed E-state index contributed by atoms with van der Waals surface area (Å²) in [7, 11) is 0. The molecule has 0 amide bonds. The Bertz CT molecular complexity index is 127. The van der Waals surface area contributed by atoms with Crippen LogP contribution in [0.3, 0.4) is 0 Å². The van der Waals surface area contributed by atoms with Crippen LogP contribution in [0.1, 0.15) is 0 Å². The summed E-state index contributed by atoms with van der Waals surface area (Å²) in [6.45, 7) is 0. The summed E-state index contributed by atoms with van der Waals surface area (Å²) in [5.74, 6) is 0. The average Bonchev–Trinajstić information content (AvgIpc) is 1.72. The first-order valence-electron chi connectivity index (χ1n) is 1.54. The molecule has 1 heteroatoms. The van der Waals surface area contributed by atoms with E-state index in [1.54, 1.807) is 0 Å². The maximum absolute atomic E-state index is 4.78. The third-order valence-electron chi connectivity index (χ3n) is 0.387. The molecule has 0 unspecified atom stereocenters. The Morgan fingerprint density at radius 2 is 1.14 bits per heavy atom. The molecule has 0 aromatic carbocycles. The Kier molecular flexibility index (Phi) is 2.12. The maximum atomic E-state index is 4.78. The van der Waals surface area contributed by atoms with Crippen molar-refractivity contribution >= 4 is 0 Å². The molecular weight excluding hydrogens is 86.1 g/mol. The highest BCUT2D eigenvalue weighted by atomic mass is 15.0. The minimum absolute atomic E-state index is 0.958. The SMILES string of the molecule is C#CN(C#C)C#C. The van der Waals surface area contributed by atoms with Gasteiger partial charge in [0, 0.05) is 18.1 Å². The van der Waals surface area contributed by atoms with Gasteiger partial charge in [-0.1, -0.05) is 19.3 Å². The zero-order chi connectivity index (χ0) is 5.70. The van der Waals surface area contributed by atoms with E-state index in [9.17, 15) is 0 Å². The fourth-order valence-electron chi connectivity index (χ4n) is 0.112. The summed E-state index contributed by atoms with van der Waals surface area (Å²) in [6.07, 6.45) is 14.4. The third-order valence-corrected chi connectivity index (χ3v) is 0.387. The van der Waals surface area contributed by atoms with Crippen LogP contribution in [-0.4, -0.2) is 4.90 Å². The summed E-state index contributed by atoms with van der Waals surface area (Å²) in [4.78, 5) is 0.958. The molecule has 32 valence electrons. The van der Waals surface area contributed by atoms with Crippen LogP contribution in [-0.2, 0) is 0 Å². The van der Waals surface area contributed by atoms with Gasteiger partial charge in [-0.15, -0.1) is 0 Å². The molecule has 0 spiro atoms. The fourth-order valence-corrected chi connectivity index (χ4v) is 0.112. The van der Waals surface area contributed by atoms with Crippen molar-refractivity contribution < 1.29 is 0 Å². The highest BCUT2D eigenvalue weighted by Crippen LogP contribution is 1.69. The molecule has 0 fully saturated rings. The molecule has 0 aliphatic rings. The molecular formula is C6H3N. The topological polar surface area (TPSA) is 3.24 Å². The second kappa shape index (κ2) is 2.70. The van der Waals surface area contributed by atoms with Gasteiger partial charge in [0.25, 0.3) is 0 Å². The van der Waals surface area contributed by atoms with Crippen molar-refractivity contribution in [1.82, 2.24) is 4.90 Å². The van der Waals surface area contributed by atoms with Crippen LogP contribution in [0, 0.1) is 37.4 Å². The Hall–Kier alpha value is -1.52. The quantitative estimate of drug-likeness (QED) is 0.299. The van der Waals surface area contributed by atoms with E-state index in [2.05, 4.69) is 18.1 Å². The van der Waals surface area contributed by atoms with E-state index in [1.165, 1.54) is 0 Å². The van der Waals surface area contributed by atoms with Gasteiger partial charge < -0.3 is 0 Å². The normalized spacial score (nSPS) is 4.71. The Labute approximate surface area is 43.3 Å².